The number of aliphatic imine (C=N–C) groups is 1. The van der Waals surface area contributed by atoms with E-state index in [1.165, 1.54) is 0 Å². The van der Waals surface area contributed by atoms with Gasteiger partial charge in [0.25, 0.3) is 0 Å². The number of nitrogens with one attached hydrogen (secondary N) is 3. The Morgan fingerprint density at radius 1 is 1.26 bits per heavy atom. The molecule has 1 amide bonds. The van der Waals surface area contributed by atoms with Crippen LogP contribution in [0.2, 0.25) is 0 Å². The minimum atomic E-state index is -0.272. The molecule has 1 aromatic rings. The molecule has 0 aliphatic carbocycles. The molecule has 0 aliphatic rings. The molecule has 7 heteroatoms. The number of methoxy groups -OCH3 is 1. The molecule has 1 aromatic carbocycles. The number of nitrogens with zero attached hydrogens (tertiary/aromatic N) is 1. The fraction of sp³-hybridized carbons (Fsp3) is 0.500. The van der Waals surface area contributed by atoms with E-state index in [0.29, 0.717) is 30.5 Å². The van der Waals surface area contributed by atoms with Crippen LogP contribution in [0.15, 0.2) is 23.2 Å². The molecule has 0 atom stereocenters. The number of terminal acetylenes is 1. The number of amides is 1. The average molecular weight is 374 g/mol. The molecule has 0 aliphatic heterocycles. The number of carbonyl (C=O) groups is 1. The highest BCUT2D eigenvalue weighted by molar-refractivity contribution is 5.86. The van der Waals surface area contributed by atoms with Gasteiger partial charge in [0.1, 0.15) is 6.61 Å². The Hall–Kier alpha value is -2.88. The largest absolute Gasteiger partial charge is 0.493 e. The van der Waals surface area contributed by atoms with E-state index in [0.717, 1.165) is 5.56 Å². The van der Waals surface area contributed by atoms with Gasteiger partial charge in [0.05, 0.1) is 20.2 Å². The van der Waals surface area contributed by atoms with Crippen molar-refractivity contribution in [1.82, 2.24) is 16.0 Å². The Labute approximate surface area is 161 Å². The van der Waals surface area contributed by atoms with Crippen LogP contribution < -0.4 is 25.4 Å². The van der Waals surface area contributed by atoms with E-state index in [1.54, 1.807) is 7.11 Å². The summed E-state index contributed by atoms with van der Waals surface area (Å²) in [5.74, 6) is 4.09. The maximum atomic E-state index is 12.0. The molecule has 1 rings (SSSR count). The highest BCUT2D eigenvalue weighted by Crippen LogP contribution is 2.28. The standard InChI is InChI=1S/C20H30N4O3/c1-7-11-27-17-12-15(9-10-16(17)26-6)13-22-19(21-8-2)23-14-18(25)24-20(3,4)5/h1,9-10,12H,8,11,13-14H2,2-6H3,(H,24,25)(H2,21,22,23). The molecule has 3 N–H and O–H groups in total. The van der Waals surface area contributed by atoms with E-state index in [1.807, 2.05) is 45.9 Å². The van der Waals surface area contributed by atoms with E-state index in [-0.39, 0.29) is 24.6 Å². The van der Waals surface area contributed by atoms with Crippen molar-refractivity contribution in [2.75, 3.05) is 26.8 Å². The zero-order chi connectivity index (χ0) is 20.3. The zero-order valence-corrected chi connectivity index (χ0v) is 16.8. The predicted molar refractivity (Wildman–Crippen MR) is 108 cm³/mol. The predicted octanol–water partition coefficient (Wildman–Crippen LogP) is 1.68. The van der Waals surface area contributed by atoms with Gasteiger partial charge in [0.2, 0.25) is 5.91 Å². The van der Waals surface area contributed by atoms with Crippen LogP contribution in [-0.2, 0) is 11.3 Å². The third-order valence-corrected chi connectivity index (χ3v) is 3.23. The van der Waals surface area contributed by atoms with Gasteiger partial charge in [-0.3, -0.25) is 4.79 Å². The summed E-state index contributed by atoms with van der Waals surface area (Å²) >= 11 is 0. The monoisotopic (exact) mass is 374 g/mol. The minimum absolute atomic E-state index is 0.0949. The molecular formula is C20H30N4O3. The van der Waals surface area contributed by atoms with Crippen molar-refractivity contribution < 1.29 is 14.3 Å². The molecule has 0 radical (unpaired) electrons. The lowest BCUT2D eigenvalue weighted by molar-refractivity contribution is -0.121. The van der Waals surface area contributed by atoms with Crippen LogP contribution in [-0.4, -0.2) is 44.2 Å². The van der Waals surface area contributed by atoms with Crippen molar-refractivity contribution in [1.29, 1.82) is 0 Å². The van der Waals surface area contributed by atoms with Crippen molar-refractivity contribution in [2.24, 2.45) is 4.99 Å². The Kier molecular flexibility index (Phi) is 9.00. The Bertz CT molecular complexity index is 687. The Morgan fingerprint density at radius 2 is 2.00 bits per heavy atom. The summed E-state index contributed by atoms with van der Waals surface area (Å²) in [6.07, 6.45) is 5.25. The lowest BCUT2D eigenvalue weighted by Gasteiger charge is -2.21. The topological polar surface area (TPSA) is 84.0 Å². The van der Waals surface area contributed by atoms with Gasteiger partial charge < -0.3 is 25.4 Å². The fourth-order valence-electron chi connectivity index (χ4n) is 2.19. The van der Waals surface area contributed by atoms with Gasteiger partial charge in [-0.05, 0) is 45.4 Å². The zero-order valence-electron chi connectivity index (χ0n) is 16.8. The van der Waals surface area contributed by atoms with Gasteiger partial charge in [-0.25, -0.2) is 4.99 Å². The lowest BCUT2D eigenvalue weighted by Crippen LogP contribution is -2.48. The van der Waals surface area contributed by atoms with Crippen molar-refractivity contribution >= 4 is 11.9 Å². The van der Waals surface area contributed by atoms with Gasteiger partial charge in [-0.15, -0.1) is 6.42 Å². The van der Waals surface area contributed by atoms with Gasteiger partial charge in [0, 0.05) is 12.1 Å². The van der Waals surface area contributed by atoms with Crippen molar-refractivity contribution in [3.8, 4) is 23.8 Å². The molecule has 0 unspecified atom stereocenters. The van der Waals surface area contributed by atoms with Crippen LogP contribution in [0, 0.1) is 12.3 Å². The summed E-state index contributed by atoms with van der Waals surface area (Å²) in [4.78, 5) is 16.5. The number of guanidine groups is 1. The number of rotatable bonds is 8. The first-order valence-corrected chi connectivity index (χ1v) is 8.85. The molecule has 27 heavy (non-hydrogen) atoms. The molecule has 0 saturated carbocycles. The number of benzene rings is 1. The fourth-order valence-corrected chi connectivity index (χ4v) is 2.19. The van der Waals surface area contributed by atoms with E-state index < -0.39 is 0 Å². The van der Waals surface area contributed by atoms with E-state index in [9.17, 15) is 4.79 Å². The molecule has 0 saturated heterocycles. The van der Waals surface area contributed by atoms with E-state index >= 15 is 0 Å². The second-order valence-corrected chi connectivity index (χ2v) is 6.82. The van der Waals surface area contributed by atoms with Gasteiger partial charge in [-0.2, -0.15) is 0 Å². The summed E-state index contributed by atoms with van der Waals surface area (Å²) in [5.41, 5.74) is 0.658. The Balaban J connectivity index is 2.77. The molecular weight excluding hydrogens is 344 g/mol. The number of ether oxygens (including phenoxy) is 2. The Morgan fingerprint density at radius 3 is 2.59 bits per heavy atom. The molecule has 0 spiro atoms. The molecule has 0 aromatic heterocycles. The molecule has 0 heterocycles. The highest BCUT2D eigenvalue weighted by Gasteiger charge is 2.13. The quantitative estimate of drug-likeness (QED) is 0.366. The SMILES string of the molecule is C#CCOc1cc(CN=C(NCC)NCC(=O)NC(C)(C)C)ccc1OC. The lowest BCUT2D eigenvalue weighted by atomic mass is 10.1. The van der Waals surface area contributed by atoms with Crippen LogP contribution in [0.3, 0.4) is 0 Å². The summed E-state index contributed by atoms with van der Waals surface area (Å²) in [6, 6.07) is 5.56. The second-order valence-electron chi connectivity index (χ2n) is 6.82. The van der Waals surface area contributed by atoms with Crippen LogP contribution in [0.4, 0.5) is 0 Å². The number of hydrogen-bond acceptors (Lipinski definition) is 4. The summed E-state index contributed by atoms with van der Waals surface area (Å²) in [5, 5.41) is 9.05. The first-order valence-electron chi connectivity index (χ1n) is 8.85. The first-order chi connectivity index (χ1) is 12.8. The van der Waals surface area contributed by atoms with Crippen molar-refractivity contribution in [3.05, 3.63) is 23.8 Å². The summed E-state index contributed by atoms with van der Waals surface area (Å²) in [7, 11) is 1.58. The molecule has 7 nitrogen and oxygen atoms in total. The smallest absolute Gasteiger partial charge is 0.239 e. The summed E-state index contributed by atoms with van der Waals surface area (Å²) < 4.78 is 10.8. The molecule has 148 valence electrons. The third kappa shape index (κ3) is 8.86. The highest BCUT2D eigenvalue weighted by atomic mass is 16.5. The van der Waals surface area contributed by atoms with Crippen molar-refractivity contribution in [3.63, 3.8) is 0 Å². The van der Waals surface area contributed by atoms with Crippen LogP contribution >= 0.6 is 0 Å². The third-order valence-electron chi connectivity index (χ3n) is 3.23. The second kappa shape index (κ2) is 11.0. The normalized spacial score (nSPS) is 11.3. The first kappa shape index (κ1) is 22.2. The number of hydrogen-bond donors (Lipinski definition) is 3. The van der Waals surface area contributed by atoms with Crippen molar-refractivity contribution in [2.45, 2.75) is 39.8 Å². The van der Waals surface area contributed by atoms with E-state index in [2.05, 4.69) is 26.9 Å². The van der Waals surface area contributed by atoms with Gasteiger partial charge in [-0.1, -0.05) is 12.0 Å². The van der Waals surface area contributed by atoms with Crippen LogP contribution in [0.5, 0.6) is 11.5 Å². The van der Waals surface area contributed by atoms with Crippen LogP contribution in [0.1, 0.15) is 33.3 Å². The van der Waals surface area contributed by atoms with Gasteiger partial charge in [0.15, 0.2) is 17.5 Å². The molecule has 0 fully saturated rings. The minimum Gasteiger partial charge on any atom is -0.493 e. The summed E-state index contributed by atoms with van der Waals surface area (Å²) in [6.45, 7) is 9.18. The van der Waals surface area contributed by atoms with Gasteiger partial charge >= 0.3 is 0 Å². The average Bonchev–Trinajstić information content (AvgIpc) is 2.60. The van der Waals surface area contributed by atoms with Crippen LogP contribution in [0.25, 0.3) is 0 Å². The maximum absolute atomic E-state index is 12.0. The molecule has 0 bridgehead atoms. The number of carbonyl (C=O) groups excluding carboxylic acids is 1. The van der Waals surface area contributed by atoms with E-state index in [4.69, 9.17) is 15.9 Å². The maximum Gasteiger partial charge on any atom is 0.239 e.